The van der Waals surface area contributed by atoms with Gasteiger partial charge in [0.15, 0.2) is 0 Å². The standard InChI is InChI=1S/C21H36/c1-2-9-19-13-16(12-18(19)8-1)6-5-7-17-14-20-10-3-4-11-21(20)15-17/h16-21H,1-15H2. The second kappa shape index (κ2) is 6.63. The van der Waals surface area contributed by atoms with Crippen molar-refractivity contribution in [1.29, 1.82) is 0 Å². The Labute approximate surface area is 132 Å². The van der Waals surface area contributed by atoms with Gasteiger partial charge in [0.2, 0.25) is 0 Å². The van der Waals surface area contributed by atoms with Gasteiger partial charge in [-0.3, -0.25) is 0 Å². The van der Waals surface area contributed by atoms with E-state index in [1.807, 2.05) is 0 Å². The SMILES string of the molecule is C(CC1CC2CCCCC2C1)CC1CC2CCCCC2C1. The molecule has 120 valence electrons. The van der Waals surface area contributed by atoms with E-state index in [0.29, 0.717) is 0 Å². The zero-order chi connectivity index (χ0) is 14.1. The Morgan fingerprint density at radius 3 is 1.14 bits per heavy atom. The summed E-state index contributed by atoms with van der Waals surface area (Å²) in [7, 11) is 0. The van der Waals surface area contributed by atoms with Crippen LogP contribution >= 0.6 is 0 Å². The number of hydrogen-bond acceptors (Lipinski definition) is 0. The van der Waals surface area contributed by atoms with Crippen molar-refractivity contribution >= 4 is 0 Å². The van der Waals surface area contributed by atoms with Crippen LogP contribution in [-0.4, -0.2) is 0 Å². The molecule has 0 aromatic carbocycles. The predicted octanol–water partition coefficient (Wildman–Crippen LogP) is 6.59. The summed E-state index contributed by atoms with van der Waals surface area (Å²) in [5.41, 5.74) is 0. The van der Waals surface area contributed by atoms with Gasteiger partial charge < -0.3 is 0 Å². The van der Waals surface area contributed by atoms with Crippen molar-refractivity contribution in [2.75, 3.05) is 0 Å². The average Bonchev–Trinajstić information content (AvgIpc) is 3.09. The maximum absolute atomic E-state index is 1.61. The second-order valence-electron chi connectivity index (χ2n) is 9.21. The third-order valence-electron chi connectivity index (χ3n) is 7.90. The van der Waals surface area contributed by atoms with E-state index in [9.17, 15) is 0 Å². The highest BCUT2D eigenvalue weighted by atomic mass is 14.4. The molecular formula is C21H36. The monoisotopic (exact) mass is 288 g/mol. The van der Waals surface area contributed by atoms with Crippen LogP contribution in [-0.2, 0) is 0 Å². The van der Waals surface area contributed by atoms with Gasteiger partial charge in [0.1, 0.15) is 0 Å². The Morgan fingerprint density at radius 1 is 0.476 bits per heavy atom. The molecule has 4 aliphatic carbocycles. The largest absolute Gasteiger partial charge is 0.0530 e. The molecular weight excluding hydrogens is 252 g/mol. The lowest BCUT2D eigenvalue weighted by molar-refractivity contribution is 0.277. The summed E-state index contributed by atoms with van der Waals surface area (Å²) in [6.45, 7) is 0. The summed E-state index contributed by atoms with van der Waals surface area (Å²) in [6.07, 6.45) is 23.6. The van der Waals surface area contributed by atoms with Crippen LogP contribution in [0.3, 0.4) is 0 Å². The Balaban J connectivity index is 1.17. The Kier molecular flexibility index (Phi) is 4.60. The Hall–Kier alpha value is 0. The summed E-state index contributed by atoms with van der Waals surface area (Å²) in [6, 6.07) is 0. The molecule has 0 spiro atoms. The van der Waals surface area contributed by atoms with E-state index < -0.39 is 0 Å². The quantitative estimate of drug-likeness (QED) is 0.547. The molecule has 0 heteroatoms. The van der Waals surface area contributed by atoms with Gasteiger partial charge in [-0.15, -0.1) is 0 Å². The summed E-state index contributed by atoms with van der Waals surface area (Å²) in [4.78, 5) is 0. The molecule has 4 saturated carbocycles. The molecule has 4 atom stereocenters. The average molecular weight is 289 g/mol. The van der Waals surface area contributed by atoms with Crippen molar-refractivity contribution in [2.24, 2.45) is 35.5 Å². The molecule has 0 bridgehead atoms. The van der Waals surface area contributed by atoms with Crippen molar-refractivity contribution in [2.45, 2.75) is 96.3 Å². The van der Waals surface area contributed by atoms with Gasteiger partial charge in [-0.05, 0) is 61.2 Å². The van der Waals surface area contributed by atoms with Gasteiger partial charge in [-0.25, -0.2) is 0 Å². The van der Waals surface area contributed by atoms with Gasteiger partial charge in [-0.1, -0.05) is 70.6 Å². The third-order valence-corrected chi connectivity index (χ3v) is 7.90. The van der Waals surface area contributed by atoms with Gasteiger partial charge >= 0.3 is 0 Å². The molecule has 21 heavy (non-hydrogen) atoms. The van der Waals surface area contributed by atoms with E-state index in [1.165, 1.54) is 0 Å². The first kappa shape index (κ1) is 14.6. The molecule has 4 aliphatic rings. The van der Waals surface area contributed by atoms with Gasteiger partial charge in [0, 0.05) is 0 Å². The van der Waals surface area contributed by atoms with Gasteiger partial charge in [0.05, 0.1) is 0 Å². The lowest BCUT2D eigenvalue weighted by Crippen LogP contribution is -2.12. The van der Waals surface area contributed by atoms with Crippen molar-refractivity contribution in [3.8, 4) is 0 Å². The molecule has 4 unspecified atom stereocenters. The Bertz CT molecular complexity index is 273. The summed E-state index contributed by atoms with van der Waals surface area (Å²) in [5.74, 6) is 6.86. The van der Waals surface area contributed by atoms with Gasteiger partial charge in [0.25, 0.3) is 0 Å². The van der Waals surface area contributed by atoms with Crippen LogP contribution in [0.15, 0.2) is 0 Å². The molecule has 0 aliphatic heterocycles. The summed E-state index contributed by atoms with van der Waals surface area (Å²) >= 11 is 0. The molecule has 0 aromatic rings. The Morgan fingerprint density at radius 2 is 0.810 bits per heavy atom. The molecule has 0 saturated heterocycles. The molecule has 0 aromatic heterocycles. The van der Waals surface area contributed by atoms with E-state index in [1.54, 1.807) is 96.3 Å². The minimum atomic E-state index is 1.13. The first-order chi connectivity index (χ1) is 10.4. The molecule has 0 N–H and O–H groups in total. The van der Waals surface area contributed by atoms with Crippen LogP contribution in [0.4, 0.5) is 0 Å². The predicted molar refractivity (Wildman–Crippen MR) is 90.2 cm³/mol. The first-order valence-electron chi connectivity index (χ1n) is 10.4. The highest BCUT2D eigenvalue weighted by Crippen LogP contribution is 2.48. The number of fused-ring (bicyclic) bond motifs is 2. The van der Waals surface area contributed by atoms with Crippen molar-refractivity contribution in [3.63, 3.8) is 0 Å². The van der Waals surface area contributed by atoms with E-state index in [-0.39, 0.29) is 0 Å². The van der Waals surface area contributed by atoms with Crippen molar-refractivity contribution in [1.82, 2.24) is 0 Å². The minimum absolute atomic E-state index is 1.13. The maximum Gasteiger partial charge on any atom is -0.0383 e. The maximum atomic E-state index is 1.61. The molecule has 0 heterocycles. The van der Waals surface area contributed by atoms with E-state index in [4.69, 9.17) is 0 Å². The summed E-state index contributed by atoms with van der Waals surface area (Å²) < 4.78 is 0. The van der Waals surface area contributed by atoms with E-state index in [2.05, 4.69) is 0 Å². The number of rotatable bonds is 4. The van der Waals surface area contributed by atoms with Crippen LogP contribution in [0.5, 0.6) is 0 Å². The summed E-state index contributed by atoms with van der Waals surface area (Å²) in [5, 5.41) is 0. The smallest absolute Gasteiger partial charge is 0.0383 e. The second-order valence-corrected chi connectivity index (χ2v) is 9.21. The fraction of sp³-hybridized carbons (Fsp3) is 1.00. The molecule has 4 fully saturated rings. The topological polar surface area (TPSA) is 0 Å². The fourth-order valence-corrected chi connectivity index (χ4v) is 6.88. The fourth-order valence-electron chi connectivity index (χ4n) is 6.88. The van der Waals surface area contributed by atoms with Crippen LogP contribution in [0.1, 0.15) is 96.3 Å². The molecule has 0 radical (unpaired) electrons. The first-order valence-corrected chi connectivity index (χ1v) is 10.4. The number of hydrogen-bond donors (Lipinski definition) is 0. The molecule has 0 nitrogen and oxygen atoms in total. The van der Waals surface area contributed by atoms with Crippen LogP contribution in [0, 0.1) is 35.5 Å². The van der Waals surface area contributed by atoms with Crippen LogP contribution < -0.4 is 0 Å². The highest BCUT2D eigenvalue weighted by Gasteiger charge is 2.37. The van der Waals surface area contributed by atoms with E-state index in [0.717, 1.165) is 35.5 Å². The molecule has 4 rings (SSSR count). The lowest BCUT2D eigenvalue weighted by atomic mass is 9.82. The normalized spacial score (nSPS) is 46.3. The van der Waals surface area contributed by atoms with Crippen molar-refractivity contribution in [3.05, 3.63) is 0 Å². The zero-order valence-electron chi connectivity index (χ0n) is 14.1. The zero-order valence-corrected chi connectivity index (χ0v) is 14.1. The van der Waals surface area contributed by atoms with Crippen LogP contribution in [0.25, 0.3) is 0 Å². The van der Waals surface area contributed by atoms with Crippen molar-refractivity contribution < 1.29 is 0 Å². The van der Waals surface area contributed by atoms with Crippen LogP contribution in [0.2, 0.25) is 0 Å². The third kappa shape index (κ3) is 3.35. The lowest BCUT2D eigenvalue weighted by Gasteiger charge is -2.24. The minimum Gasteiger partial charge on any atom is -0.0530 e. The van der Waals surface area contributed by atoms with E-state index >= 15 is 0 Å². The van der Waals surface area contributed by atoms with Gasteiger partial charge in [-0.2, -0.15) is 0 Å². The highest BCUT2D eigenvalue weighted by molar-refractivity contribution is 4.88. The molecule has 0 amide bonds.